The highest BCUT2D eigenvalue weighted by Gasteiger charge is 1.96. The Kier molecular flexibility index (Phi) is 4.32. The molecule has 0 saturated carbocycles. The third-order valence-electron chi connectivity index (χ3n) is 1.81. The highest BCUT2D eigenvalue weighted by molar-refractivity contribution is 5.22. The van der Waals surface area contributed by atoms with Crippen LogP contribution in [0.4, 0.5) is 5.95 Å². The Morgan fingerprint density at radius 1 is 1.29 bits per heavy atom. The Bertz CT molecular complexity index is 255. The van der Waals surface area contributed by atoms with Crippen LogP contribution in [0.3, 0.4) is 0 Å². The molecule has 0 aliphatic carbocycles. The number of nitrogens with zero attached hydrogens (tertiary/aromatic N) is 2. The van der Waals surface area contributed by atoms with Gasteiger partial charge in [0.25, 0.3) is 0 Å². The monoisotopic (exact) mass is 194 g/mol. The second-order valence-corrected chi connectivity index (χ2v) is 3.69. The summed E-state index contributed by atoms with van der Waals surface area (Å²) >= 11 is 0. The molecule has 0 atom stereocenters. The molecule has 0 bridgehead atoms. The molecule has 0 aromatic carbocycles. The summed E-state index contributed by atoms with van der Waals surface area (Å²) in [5.74, 6) is 1.34. The highest BCUT2D eigenvalue weighted by Crippen LogP contribution is 1.99. The Labute approximate surface area is 85.2 Å². The van der Waals surface area contributed by atoms with Gasteiger partial charge in [0.05, 0.1) is 0 Å². The van der Waals surface area contributed by atoms with Gasteiger partial charge in [-0.1, -0.05) is 13.8 Å². The third kappa shape index (κ3) is 3.70. The molecule has 1 aromatic rings. The molecule has 4 heteroatoms. The Balaban J connectivity index is 2.36. The van der Waals surface area contributed by atoms with Crippen molar-refractivity contribution in [3.8, 4) is 0 Å². The van der Waals surface area contributed by atoms with Crippen molar-refractivity contribution in [3.05, 3.63) is 18.0 Å². The molecule has 0 saturated heterocycles. The minimum atomic E-state index is 0.664. The number of nitrogens with one attached hydrogen (secondary N) is 2. The van der Waals surface area contributed by atoms with Crippen molar-refractivity contribution in [3.63, 3.8) is 0 Å². The van der Waals surface area contributed by atoms with E-state index >= 15 is 0 Å². The molecule has 4 nitrogen and oxygen atoms in total. The molecule has 0 spiro atoms. The van der Waals surface area contributed by atoms with Gasteiger partial charge in [-0.15, -0.1) is 0 Å². The molecule has 1 rings (SSSR count). The Morgan fingerprint density at radius 2 is 1.93 bits per heavy atom. The van der Waals surface area contributed by atoms with Gasteiger partial charge in [0.1, 0.15) is 0 Å². The van der Waals surface area contributed by atoms with Gasteiger partial charge in [-0.25, -0.2) is 9.97 Å². The molecule has 0 fully saturated rings. The lowest BCUT2D eigenvalue weighted by Gasteiger charge is -2.06. The SMILES string of the molecule is CNc1ncc(CNCC(C)C)cn1. The van der Waals surface area contributed by atoms with E-state index < -0.39 is 0 Å². The summed E-state index contributed by atoms with van der Waals surface area (Å²) in [7, 11) is 1.81. The van der Waals surface area contributed by atoms with E-state index in [-0.39, 0.29) is 0 Å². The Hall–Kier alpha value is -1.16. The smallest absolute Gasteiger partial charge is 0.222 e. The number of rotatable bonds is 5. The van der Waals surface area contributed by atoms with E-state index in [0.29, 0.717) is 11.9 Å². The van der Waals surface area contributed by atoms with Gasteiger partial charge in [-0.05, 0) is 12.5 Å². The van der Waals surface area contributed by atoms with Crippen molar-refractivity contribution in [2.75, 3.05) is 18.9 Å². The molecule has 14 heavy (non-hydrogen) atoms. The zero-order valence-corrected chi connectivity index (χ0v) is 9.04. The molecule has 0 radical (unpaired) electrons. The molecule has 0 aliphatic heterocycles. The minimum absolute atomic E-state index is 0.664. The van der Waals surface area contributed by atoms with Crippen molar-refractivity contribution in [2.24, 2.45) is 5.92 Å². The van der Waals surface area contributed by atoms with Gasteiger partial charge in [-0.3, -0.25) is 0 Å². The first-order chi connectivity index (χ1) is 6.72. The van der Waals surface area contributed by atoms with E-state index in [9.17, 15) is 0 Å². The summed E-state index contributed by atoms with van der Waals surface area (Å²) in [6.07, 6.45) is 3.68. The van der Waals surface area contributed by atoms with Crippen molar-refractivity contribution < 1.29 is 0 Å². The van der Waals surface area contributed by atoms with Crippen molar-refractivity contribution in [2.45, 2.75) is 20.4 Å². The fourth-order valence-corrected chi connectivity index (χ4v) is 1.08. The van der Waals surface area contributed by atoms with Crippen LogP contribution >= 0.6 is 0 Å². The summed E-state index contributed by atoms with van der Waals surface area (Å²) in [6, 6.07) is 0. The molecule has 2 N–H and O–H groups in total. The van der Waals surface area contributed by atoms with Crippen molar-refractivity contribution in [1.82, 2.24) is 15.3 Å². The van der Waals surface area contributed by atoms with Crippen LogP contribution in [0.2, 0.25) is 0 Å². The lowest BCUT2D eigenvalue weighted by atomic mass is 10.2. The molecule has 78 valence electrons. The standard InChI is InChI=1S/C10H18N4/c1-8(2)4-12-5-9-6-13-10(11-3)14-7-9/h6-8,12H,4-5H2,1-3H3,(H,11,13,14). The van der Waals surface area contributed by atoms with E-state index in [4.69, 9.17) is 0 Å². The number of hydrogen-bond donors (Lipinski definition) is 2. The first-order valence-corrected chi connectivity index (χ1v) is 4.91. The lowest BCUT2D eigenvalue weighted by molar-refractivity contribution is 0.551. The van der Waals surface area contributed by atoms with Crippen LogP contribution in [0.5, 0.6) is 0 Å². The van der Waals surface area contributed by atoms with E-state index in [2.05, 4.69) is 34.4 Å². The number of hydrogen-bond acceptors (Lipinski definition) is 4. The van der Waals surface area contributed by atoms with E-state index in [1.54, 1.807) is 0 Å². The lowest BCUT2D eigenvalue weighted by Crippen LogP contribution is -2.19. The molecule has 0 unspecified atom stereocenters. The van der Waals surface area contributed by atoms with Crippen LogP contribution < -0.4 is 10.6 Å². The van der Waals surface area contributed by atoms with Crippen LogP contribution in [0.15, 0.2) is 12.4 Å². The summed E-state index contributed by atoms with van der Waals surface area (Å²) < 4.78 is 0. The quantitative estimate of drug-likeness (QED) is 0.741. The Morgan fingerprint density at radius 3 is 2.43 bits per heavy atom. The zero-order valence-electron chi connectivity index (χ0n) is 9.04. The van der Waals surface area contributed by atoms with Crippen LogP contribution in [0, 0.1) is 5.92 Å². The molecule has 1 heterocycles. The largest absolute Gasteiger partial charge is 0.357 e. The molecular weight excluding hydrogens is 176 g/mol. The predicted octanol–water partition coefficient (Wildman–Crippen LogP) is 1.26. The fraction of sp³-hybridized carbons (Fsp3) is 0.600. The second kappa shape index (κ2) is 5.54. The van der Waals surface area contributed by atoms with Crippen LogP contribution in [0.25, 0.3) is 0 Å². The van der Waals surface area contributed by atoms with E-state index in [1.165, 1.54) is 0 Å². The maximum Gasteiger partial charge on any atom is 0.222 e. The van der Waals surface area contributed by atoms with Gasteiger partial charge in [0.2, 0.25) is 5.95 Å². The van der Waals surface area contributed by atoms with Gasteiger partial charge in [0, 0.05) is 31.5 Å². The van der Waals surface area contributed by atoms with E-state index in [1.807, 2.05) is 19.4 Å². The third-order valence-corrected chi connectivity index (χ3v) is 1.81. The number of aromatic nitrogens is 2. The predicted molar refractivity (Wildman–Crippen MR) is 58.1 cm³/mol. The molecule has 1 aromatic heterocycles. The zero-order chi connectivity index (χ0) is 10.4. The molecular formula is C10H18N4. The summed E-state index contributed by atoms with van der Waals surface area (Å²) in [5.41, 5.74) is 1.12. The van der Waals surface area contributed by atoms with Gasteiger partial charge < -0.3 is 10.6 Å². The first kappa shape index (κ1) is 10.9. The minimum Gasteiger partial charge on any atom is -0.357 e. The maximum absolute atomic E-state index is 4.13. The van der Waals surface area contributed by atoms with Gasteiger partial charge in [-0.2, -0.15) is 0 Å². The first-order valence-electron chi connectivity index (χ1n) is 4.91. The van der Waals surface area contributed by atoms with Crippen LogP contribution in [-0.4, -0.2) is 23.6 Å². The van der Waals surface area contributed by atoms with Crippen LogP contribution in [-0.2, 0) is 6.54 Å². The average Bonchev–Trinajstić information content (AvgIpc) is 2.18. The second-order valence-electron chi connectivity index (χ2n) is 3.69. The van der Waals surface area contributed by atoms with Gasteiger partial charge in [0.15, 0.2) is 0 Å². The maximum atomic E-state index is 4.13. The van der Waals surface area contributed by atoms with Crippen molar-refractivity contribution >= 4 is 5.95 Å². The normalized spacial score (nSPS) is 10.6. The van der Waals surface area contributed by atoms with Crippen molar-refractivity contribution in [1.29, 1.82) is 0 Å². The molecule has 0 aliphatic rings. The highest BCUT2D eigenvalue weighted by atomic mass is 15.1. The summed E-state index contributed by atoms with van der Waals surface area (Å²) in [5, 5.41) is 6.22. The van der Waals surface area contributed by atoms with Crippen LogP contribution in [0.1, 0.15) is 19.4 Å². The average molecular weight is 194 g/mol. The van der Waals surface area contributed by atoms with E-state index in [0.717, 1.165) is 18.7 Å². The number of anilines is 1. The fourth-order valence-electron chi connectivity index (χ4n) is 1.08. The van der Waals surface area contributed by atoms with Gasteiger partial charge >= 0.3 is 0 Å². The topological polar surface area (TPSA) is 49.8 Å². The molecule has 0 amide bonds. The summed E-state index contributed by atoms with van der Waals surface area (Å²) in [4.78, 5) is 8.27. The summed E-state index contributed by atoms with van der Waals surface area (Å²) in [6.45, 7) is 6.23.